The fraction of sp³-hybridized carbons (Fsp3) is 0.250. The van der Waals surface area contributed by atoms with E-state index in [-0.39, 0.29) is 6.42 Å². The Balaban J connectivity index is 2.77. The highest BCUT2D eigenvalue weighted by Gasteiger charge is 2.40. The lowest BCUT2D eigenvalue weighted by Crippen LogP contribution is -2.34. The Kier molecular flexibility index (Phi) is 5.89. The second-order valence-corrected chi connectivity index (χ2v) is 5.77. The summed E-state index contributed by atoms with van der Waals surface area (Å²) in [6.07, 6.45) is -6.48. The third kappa shape index (κ3) is 4.27. The molecule has 144 valence electrons. The maximum absolute atomic E-state index is 13.1. The van der Waals surface area contributed by atoms with E-state index < -0.39 is 45.5 Å². The second kappa shape index (κ2) is 7.78. The number of carbonyl (C=O) groups is 1. The average molecular weight is 404 g/mol. The number of carboxylic acid groups (broad SMARTS) is 1. The fourth-order valence-corrected chi connectivity index (χ4v) is 2.90. The van der Waals surface area contributed by atoms with E-state index in [2.05, 4.69) is 4.98 Å². The van der Waals surface area contributed by atoms with Gasteiger partial charge in [-0.05, 0) is 12.0 Å². The van der Waals surface area contributed by atoms with Gasteiger partial charge in [-0.15, -0.1) is 0 Å². The molecule has 0 spiro atoms. The standard InChI is InChI=1S/C16H13ClF3N3O4/c1-2-10(9-6-4-3-5-7-9)22(15(24)25)11-8-12(16(18,19)20)21-14(17)13(11)23(26)27/h3-8,10H,2H2,1H3,(H,24,25). The zero-order valence-corrected chi connectivity index (χ0v) is 14.5. The Hall–Kier alpha value is -2.88. The van der Waals surface area contributed by atoms with Crippen molar-refractivity contribution in [2.24, 2.45) is 0 Å². The molecular weight excluding hydrogens is 391 g/mol. The van der Waals surface area contributed by atoms with E-state index in [1.807, 2.05) is 0 Å². The predicted octanol–water partition coefficient (Wildman–Crippen LogP) is 5.30. The van der Waals surface area contributed by atoms with Crippen LogP contribution in [-0.2, 0) is 6.18 Å². The summed E-state index contributed by atoms with van der Waals surface area (Å²) >= 11 is 5.61. The van der Waals surface area contributed by atoms with Crippen LogP contribution >= 0.6 is 11.6 Å². The molecule has 0 aliphatic carbocycles. The molecule has 2 rings (SSSR count). The Bertz CT molecular complexity index is 862. The van der Waals surface area contributed by atoms with E-state index in [0.29, 0.717) is 16.5 Å². The first-order chi connectivity index (χ1) is 12.6. The Morgan fingerprint density at radius 3 is 2.41 bits per heavy atom. The van der Waals surface area contributed by atoms with E-state index in [1.165, 1.54) is 0 Å². The van der Waals surface area contributed by atoms with Crippen LogP contribution in [-0.4, -0.2) is 21.1 Å². The summed E-state index contributed by atoms with van der Waals surface area (Å²) in [5, 5.41) is 20.0. The molecule has 1 aromatic heterocycles. The zero-order chi connectivity index (χ0) is 20.4. The first kappa shape index (κ1) is 20.4. The SMILES string of the molecule is CCC(c1ccccc1)N(C(=O)O)c1cc(C(F)(F)F)nc(Cl)c1[N+](=O)[O-]. The summed E-state index contributed by atoms with van der Waals surface area (Å²) in [5.41, 5.74) is -2.88. The van der Waals surface area contributed by atoms with Crippen molar-refractivity contribution >= 4 is 29.1 Å². The summed E-state index contributed by atoms with van der Waals surface area (Å²) in [7, 11) is 0. The average Bonchev–Trinajstić information content (AvgIpc) is 2.58. The molecule has 0 aliphatic heterocycles. The molecule has 1 amide bonds. The topological polar surface area (TPSA) is 96.6 Å². The third-order valence-electron chi connectivity index (χ3n) is 3.75. The molecule has 0 bridgehead atoms. The van der Waals surface area contributed by atoms with Crippen LogP contribution in [0, 0.1) is 10.1 Å². The van der Waals surface area contributed by atoms with Crippen molar-refractivity contribution in [3.8, 4) is 0 Å². The van der Waals surface area contributed by atoms with Gasteiger partial charge in [-0.25, -0.2) is 9.78 Å². The number of anilines is 1. The molecule has 1 heterocycles. The van der Waals surface area contributed by atoms with Crippen molar-refractivity contribution in [3.05, 3.63) is 62.9 Å². The van der Waals surface area contributed by atoms with Gasteiger partial charge in [0, 0.05) is 6.07 Å². The number of amides is 1. The van der Waals surface area contributed by atoms with Gasteiger partial charge in [-0.2, -0.15) is 13.2 Å². The van der Waals surface area contributed by atoms with Crippen LogP contribution in [0.2, 0.25) is 5.15 Å². The van der Waals surface area contributed by atoms with E-state index in [0.717, 1.165) is 0 Å². The first-order valence-corrected chi connectivity index (χ1v) is 7.95. The summed E-state index contributed by atoms with van der Waals surface area (Å²) in [6, 6.07) is 7.41. The summed E-state index contributed by atoms with van der Waals surface area (Å²) in [5.74, 6) is 0. The molecule has 7 nitrogen and oxygen atoms in total. The van der Waals surface area contributed by atoms with Gasteiger partial charge in [0.15, 0.2) is 0 Å². The lowest BCUT2D eigenvalue weighted by Gasteiger charge is -2.29. The van der Waals surface area contributed by atoms with Gasteiger partial charge < -0.3 is 5.11 Å². The molecule has 2 aromatic rings. The first-order valence-electron chi connectivity index (χ1n) is 7.57. The van der Waals surface area contributed by atoms with Crippen molar-refractivity contribution in [1.82, 2.24) is 4.98 Å². The van der Waals surface area contributed by atoms with Crippen LogP contribution in [0.3, 0.4) is 0 Å². The normalized spacial score (nSPS) is 12.5. The maximum atomic E-state index is 13.1. The van der Waals surface area contributed by atoms with Crippen LogP contribution in [0.5, 0.6) is 0 Å². The molecule has 11 heteroatoms. The summed E-state index contributed by atoms with van der Waals surface area (Å²) in [4.78, 5) is 25.7. The molecule has 0 saturated heterocycles. The fourth-order valence-electron chi connectivity index (χ4n) is 2.64. The largest absolute Gasteiger partial charge is 0.465 e. The molecule has 0 fully saturated rings. The van der Waals surface area contributed by atoms with Crippen LogP contribution in [0.15, 0.2) is 36.4 Å². The molecule has 1 atom stereocenters. The van der Waals surface area contributed by atoms with Crippen LogP contribution in [0.1, 0.15) is 30.6 Å². The second-order valence-electron chi connectivity index (χ2n) is 5.41. The van der Waals surface area contributed by atoms with Crippen molar-refractivity contribution < 1.29 is 28.0 Å². The quantitative estimate of drug-likeness (QED) is 0.415. The van der Waals surface area contributed by atoms with Gasteiger partial charge in [-0.1, -0.05) is 48.9 Å². The van der Waals surface area contributed by atoms with Crippen molar-refractivity contribution in [3.63, 3.8) is 0 Å². The maximum Gasteiger partial charge on any atom is 0.433 e. The number of nitrogens with zero attached hydrogens (tertiary/aromatic N) is 3. The van der Waals surface area contributed by atoms with Crippen LogP contribution in [0.25, 0.3) is 0 Å². The lowest BCUT2D eigenvalue weighted by molar-refractivity contribution is -0.384. The van der Waals surface area contributed by atoms with E-state index in [1.54, 1.807) is 37.3 Å². The minimum Gasteiger partial charge on any atom is -0.465 e. The number of aromatic nitrogens is 1. The Labute approximate surface area is 156 Å². The minimum atomic E-state index is -4.97. The summed E-state index contributed by atoms with van der Waals surface area (Å²) in [6.45, 7) is 1.60. The Morgan fingerprint density at radius 2 is 1.96 bits per heavy atom. The summed E-state index contributed by atoms with van der Waals surface area (Å²) < 4.78 is 39.3. The number of rotatable bonds is 5. The number of pyridine rings is 1. The van der Waals surface area contributed by atoms with Crippen molar-refractivity contribution in [2.45, 2.75) is 25.6 Å². The monoisotopic (exact) mass is 403 g/mol. The number of hydrogen-bond acceptors (Lipinski definition) is 4. The van der Waals surface area contributed by atoms with Crippen molar-refractivity contribution in [1.29, 1.82) is 0 Å². The molecule has 27 heavy (non-hydrogen) atoms. The minimum absolute atomic E-state index is 0.148. The number of nitro groups is 1. The number of halogens is 4. The molecule has 1 aromatic carbocycles. The van der Waals surface area contributed by atoms with Gasteiger partial charge in [0.25, 0.3) is 0 Å². The van der Waals surface area contributed by atoms with Crippen LogP contribution in [0.4, 0.5) is 29.3 Å². The molecule has 1 N–H and O–H groups in total. The number of hydrogen-bond donors (Lipinski definition) is 1. The van der Waals surface area contributed by atoms with E-state index in [9.17, 15) is 33.2 Å². The molecule has 0 radical (unpaired) electrons. The van der Waals surface area contributed by atoms with Crippen LogP contribution < -0.4 is 4.90 Å². The molecule has 0 saturated carbocycles. The number of alkyl halides is 3. The molecule has 1 unspecified atom stereocenters. The molecule has 0 aliphatic rings. The molecular formula is C16H13ClF3N3O4. The predicted molar refractivity (Wildman–Crippen MR) is 90.9 cm³/mol. The van der Waals surface area contributed by atoms with Gasteiger partial charge in [0.2, 0.25) is 5.15 Å². The van der Waals surface area contributed by atoms with Gasteiger partial charge in [0.1, 0.15) is 11.4 Å². The highest BCUT2D eigenvalue weighted by molar-refractivity contribution is 6.32. The van der Waals surface area contributed by atoms with E-state index in [4.69, 9.17) is 11.6 Å². The van der Waals surface area contributed by atoms with Gasteiger partial charge in [-0.3, -0.25) is 15.0 Å². The van der Waals surface area contributed by atoms with Crippen molar-refractivity contribution in [2.75, 3.05) is 4.90 Å². The zero-order valence-electron chi connectivity index (χ0n) is 13.8. The smallest absolute Gasteiger partial charge is 0.433 e. The highest BCUT2D eigenvalue weighted by atomic mass is 35.5. The van der Waals surface area contributed by atoms with E-state index >= 15 is 0 Å². The van der Waals surface area contributed by atoms with Gasteiger partial charge >= 0.3 is 18.0 Å². The third-order valence-corrected chi connectivity index (χ3v) is 4.01. The van der Waals surface area contributed by atoms with Gasteiger partial charge in [0.05, 0.1) is 11.0 Å². The Morgan fingerprint density at radius 1 is 1.37 bits per heavy atom. The lowest BCUT2D eigenvalue weighted by atomic mass is 10.0. The highest BCUT2D eigenvalue weighted by Crippen LogP contribution is 2.42. The number of benzene rings is 1.